The summed E-state index contributed by atoms with van der Waals surface area (Å²) >= 11 is 7.02. The number of thiophene rings is 1. The Morgan fingerprint density at radius 1 is 1.26 bits per heavy atom. The van der Waals surface area contributed by atoms with E-state index in [9.17, 15) is 9.59 Å². The van der Waals surface area contributed by atoms with Gasteiger partial charge in [0.2, 0.25) is 5.91 Å². The molecule has 1 aliphatic carbocycles. The molecule has 0 aromatic carbocycles. The Morgan fingerprint density at radius 3 is 2.68 bits per heavy atom. The number of carbonyl (C=O) groups is 2. The van der Waals surface area contributed by atoms with Crippen molar-refractivity contribution in [1.29, 1.82) is 0 Å². The number of anilines is 1. The number of amides is 2. The first kappa shape index (κ1) is 14.3. The van der Waals surface area contributed by atoms with Gasteiger partial charge in [-0.2, -0.15) is 0 Å². The highest BCUT2D eigenvalue weighted by Gasteiger charge is 2.23. The van der Waals surface area contributed by atoms with E-state index in [2.05, 4.69) is 5.32 Å². The number of hydrogen-bond acceptors (Lipinski definition) is 3. The molecule has 104 valence electrons. The molecule has 1 aromatic rings. The predicted octanol–water partition coefficient (Wildman–Crippen LogP) is 2.68. The summed E-state index contributed by atoms with van der Waals surface area (Å²) in [5, 5.41) is 3.36. The highest BCUT2D eigenvalue weighted by Crippen LogP contribution is 2.37. The third-order valence-corrected chi connectivity index (χ3v) is 4.64. The van der Waals surface area contributed by atoms with Crippen LogP contribution in [0.1, 0.15) is 46.5 Å². The van der Waals surface area contributed by atoms with E-state index in [0.29, 0.717) is 10.6 Å². The Kier molecular flexibility index (Phi) is 4.82. The van der Waals surface area contributed by atoms with Gasteiger partial charge in [-0.05, 0) is 31.2 Å². The summed E-state index contributed by atoms with van der Waals surface area (Å²) in [5.41, 5.74) is 7.02. The van der Waals surface area contributed by atoms with Gasteiger partial charge in [0, 0.05) is 17.2 Å². The lowest BCUT2D eigenvalue weighted by Gasteiger charge is -2.05. The highest BCUT2D eigenvalue weighted by atomic mass is 35.5. The molecule has 2 rings (SSSR count). The number of aryl methyl sites for hydroxylation is 1. The molecule has 0 spiro atoms. The number of hydrogen-bond donors (Lipinski definition) is 2. The lowest BCUT2D eigenvalue weighted by Crippen LogP contribution is -2.18. The zero-order valence-electron chi connectivity index (χ0n) is 10.6. The third-order valence-electron chi connectivity index (χ3n) is 3.24. The Hall–Kier alpha value is -1.07. The summed E-state index contributed by atoms with van der Waals surface area (Å²) in [6.45, 7) is 0. The molecule has 0 radical (unpaired) electrons. The van der Waals surface area contributed by atoms with Crippen molar-refractivity contribution in [3.63, 3.8) is 0 Å². The predicted molar refractivity (Wildman–Crippen MR) is 78.1 cm³/mol. The number of primary amides is 1. The maximum absolute atomic E-state index is 11.7. The maximum Gasteiger partial charge on any atom is 0.251 e. The zero-order chi connectivity index (χ0) is 13.8. The largest absolute Gasteiger partial charge is 0.365 e. The van der Waals surface area contributed by atoms with E-state index in [-0.39, 0.29) is 18.2 Å². The lowest BCUT2D eigenvalue weighted by atomic mass is 10.1. The second-order valence-electron chi connectivity index (χ2n) is 4.62. The minimum absolute atomic E-state index is 0.172. The van der Waals surface area contributed by atoms with Crippen LogP contribution in [0.4, 0.5) is 5.00 Å². The van der Waals surface area contributed by atoms with E-state index in [1.54, 1.807) is 0 Å². The number of halogens is 1. The zero-order valence-corrected chi connectivity index (χ0v) is 12.2. The molecule has 0 bridgehead atoms. The smallest absolute Gasteiger partial charge is 0.251 e. The SMILES string of the molecule is NC(=O)c1c(NC(=O)CCCl)sc2c1CCCCC2. The molecule has 0 atom stereocenters. The minimum atomic E-state index is -0.458. The van der Waals surface area contributed by atoms with Crippen LogP contribution in [0.5, 0.6) is 0 Å². The number of carbonyl (C=O) groups excluding carboxylic acids is 2. The van der Waals surface area contributed by atoms with Crippen molar-refractivity contribution in [2.75, 3.05) is 11.2 Å². The van der Waals surface area contributed by atoms with Gasteiger partial charge in [0.05, 0.1) is 5.56 Å². The number of fused-ring (bicyclic) bond motifs is 1. The van der Waals surface area contributed by atoms with E-state index in [0.717, 1.165) is 31.2 Å². The fourth-order valence-electron chi connectivity index (χ4n) is 2.37. The van der Waals surface area contributed by atoms with Crippen LogP contribution in [-0.2, 0) is 17.6 Å². The maximum atomic E-state index is 11.7. The van der Waals surface area contributed by atoms with E-state index in [1.807, 2.05) is 0 Å². The quantitative estimate of drug-likeness (QED) is 0.663. The molecule has 1 aromatic heterocycles. The Labute approximate surface area is 121 Å². The van der Waals surface area contributed by atoms with E-state index >= 15 is 0 Å². The molecule has 6 heteroatoms. The van der Waals surface area contributed by atoms with Crippen molar-refractivity contribution in [3.8, 4) is 0 Å². The molecule has 0 aliphatic heterocycles. The van der Waals surface area contributed by atoms with Gasteiger partial charge < -0.3 is 11.1 Å². The summed E-state index contributed by atoms with van der Waals surface area (Å²) in [6, 6.07) is 0. The van der Waals surface area contributed by atoms with Crippen molar-refractivity contribution in [3.05, 3.63) is 16.0 Å². The van der Waals surface area contributed by atoms with Gasteiger partial charge >= 0.3 is 0 Å². The number of rotatable bonds is 4. The molecule has 1 aliphatic rings. The first-order valence-corrected chi connectivity index (χ1v) is 7.78. The summed E-state index contributed by atoms with van der Waals surface area (Å²) in [5.74, 6) is -0.363. The van der Waals surface area contributed by atoms with E-state index < -0.39 is 5.91 Å². The molecule has 3 N–H and O–H groups in total. The highest BCUT2D eigenvalue weighted by molar-refractivity contribution is 7.17. The Bertz CT molecular complexity index is 499. The average molecular weight is 301 g/mol. The molecule has 0 saturated heterocycles. The van der Waals surface area contributed by atoms with Crippen molar-refractivity contribution in [2.45, 2.75) is 38.5 Å². The van der Waals surface area contributed by atoms with E-state index in [1.165, 1.54) is 22.6 Å². The third kappa shape index (κ3) is 3.28. The molecule has 2 amide bonds. The fraction of sp³-hybridized carbons (Fsp3) is 0.538. The first-order chi connectivity index (χ1) is 9.13. The van der Waals surface area contributed by atoms with Gasteiger partial charge in [-0.15, -0.1) is 22.9 Å². The van der Waals surface area contributed by atoms with Crippen LogP contribution in [0.2, 0.25) is 0 Å². The Balaban J connectivity index is 2.32. The van der Waals surface area contributed by atoms with Gasteiger partial charge in [-0.1, -0.05) is 6.42 Å². The molecular formula is C13H17ClN2O2S. The van der Waals surface area contributed by atoms with Crippen LogP contribution >= 0.6 is 22.9 Å². The minimum Gasteiger partial charge on any atom is -0.365 e. The van der Waals surface area contributed by atoms with Gasteiger partial charge in [0.1, 0.15) is 5.00 Å². The molecular weight excluding hydrogens is 284 g/mol. The fourth-order valence-corrected chi connectivity index (χ4v) is 3.85. The average Bonchev–Trinajstić information content (AvgIpc) is 2.52. The standard InChI is InChI=1S/C13H17ClN2O2S/c14-7-6-10(17)16-13-11(12(15)18)8-4-2-1-3-5-9(8)19-13/h1-7H2,(H2,15,18)(H,16,17). The van der Waals surface area contributed by atoms with Crippen LogP contribution in [0.15, 0.2) is 0 Å². The van der Waals surface area contributed by atoms with Crippen LogP contribution in [0.25, 0.3) is 0 Å². The van der Waals surface area contributed by atoms with Gasteiger partial charge in [0.25, 0.3) is 5.91 Å². The summed E-state index contributed by atoms with van der Waals surface area (Å²) in [4.78, 5) is 24.5. The van der Waals surface area contributed by atoms with Crippen molar-refractivity contribution < 1.29 is 9.59 Å². The second-order valence-corrected chi connectivity index (χ2v) is 6.10. The molecule has 0 unspecified atom stereocenters. The number of alkyl halides is 1. The van der Waals surface area contributed by atoms with Gasteiger partial charge in [0.15, 0.2) is 0 Å². The summed E-state index contributed by atoms with van der Waals surface area (Å²) in [6.07, 6.45) is 5.44. The second kappa shape index (κ2) is 6.39. The van der Waals surface area contributed by atoms with Crippen LogP contribution in [-0.4, -0.2) is 17.7 Å². The van der Waals surface area contributed by atoms with Crippen LogP contribution in [0, 0.1) is 0 Å². The number of nitrogens with two attached hydrogens (primary N) is 1. The molecule has 19 heavy (non-hydrogen) atoms. The Morgan fingerprint density at radius 2 is 2.00 bits per heavy atom. The van der Waals surface area contributed by atoms with Crippen molar-refractivity contribution in [2.24, 2.45) is 5.73 Å². The summed E-state index contributed by atoms with van der Waals surface area (Å²) < 4.78 is 0. The first-order valence-electron chi connectivity index (χ1n) is 6.43. The molecule has 0 saturated carbocycles. The number of nitrogens with one attached hydrogen (secondary N) is 1. The molecule has 0 fully saturated rings. The van der Waals surface area contributed by atoms with Gasteiger partial charge in [-0.3, -0.25) is 9.59 Å². The van der Waals surface area contributed by atoms with Gasteiger partial charge in [-0.25, -0.2) is 0 Å². The topological polar surface area (TPSA) is 72.2 Å². The van der Waals surface area contributed by atoms with Crippen LogP contribution in [0.3, 0.4) is 0 Å². The van der Waals surface area contributed by atoms with Crippen molar-refractivity contribution in [1.82, 2.24) is 0 Å². The van der Waals surface area contributed by atoms with Crippen LogP contribution < -0.4 is 11.1 Å². The monoisotopic (exact) mass is 300 g/mol. The molecule has 4 nitrogen and oxygen atoms in total. The normalized spacial score (nSPS) is 14.6. The molecule has 1 heterocycles. The van der Waals surface area contributed by atoms with Crippen molar-refractivity contribution >= 4 is 39.8 Å². The summed E-state index contributed by atoms with van der Waals surface area (Å²) in [7, 11) is 0. The van der Waals surface area contributed by atoms with E-state index in [4.69, 9.17) is 17.3 Å². The lowest BCUT2D eigenvalue weighted by molar-refractivity contribution is -0.115.